The van der Waals surface area contributed by atoms with Crippen LogP contribution in [0.3, 0.4) is 0 Å². The molecule has 4 N–H and O–H groups in total. The normalized spacial score (nSPS) is 25.4. The van der Waals surface area contributed by atoms with Crippen molar-refractivity contribution in [3.63, 3.8) is 0 Å². The molecular weight excluding hydrogens is 402 g/mol. The summed E-state index contributed by atoms with van der Waals surface area (Å²) in [4.78, 5) is 30.2. The Labute approximate surface area is 188 Å². The maximum Gasteiger partial charge on any atom is 0.251 e. The van der Waals surface area contributed by atoms with Crippen molar-refractivity contribution in [2.24, 2.45) is 17.1 Å². The highest BCUT2D eigenvalue weighted by Crippen LogP contribution is 2.47. The predicted octanol–water partition coefficient (Wildman–Crippen LogP) is 3.99. The van der Waals surface area contributed by atoms with Crippen LogP contribution in [-0.4, -0.2) is 28.0 Å². The van der Waals surface area contributed by atoms with E-state index in [1.165, 1.54) is 0 Å². The van der Waals surface area contributed by atoms with Gasteiger partial charge in [-0.25, -0.2) is 0 Å². The summed E-state index contributed by atoms with van der Waals surface area (Å²) in [5.74, 6) is -1.07. The average Bonchev–Trinajstić information content (AvgIpc) is 2.80. The van der Waals surface area contributed by atoms with Crippen LogP contribution in [0.25, 0.3) is 11.1 Å². The van der Waals surface area contributed by atoms with Crippen LogP contribution in [0, 0.1) is 11.3 Å². The van der Waals surface area contributed by atoms with Crippen LogP contribution >= 0.6 is 0 Å². The van der Waals surface area contributed by atoms with Gasteiger partial charge in [-0.05, 0) is 43.4 Å². The van der Waals surface area contributed by atoms with E-state index < -0.39 is 17.4 Å². The van der Waals surface area contributed by atoms with E-state index >= 15 is 0 Å². The molecular formula is C26H29N3O3. The molecule has 0 radical (unpaired) electrons. The molecule has 1 unspecified atom stereocenters. The molecule has 3 atom stereocenters. The van der Waals surface area contributed by atoms with Gasteiger partial charge in [0.05, 0.1) is 23.4 Å². The van der Waals surface area contributed by atoms with E-state index in [0.717, 1.165) is 29.5 Å². The number of benzene rings is 1. The Balaban J connectivity index is 1.58. The van der Waals surface area contributed by atoms with Gasteiger partial charge in [0.15, 0.2) is 0 Å². The van der Waals surface area contributed by atoms with Crippen LogP contribution in [-0.2, 0) is 9.59 Å². The number of primary amides is 1. The summed E-state index contributed by atoms with van der Waals surface area (Å²) in [6.45, 7) is 1.85. The van der Waals surface area contributed by atoms with Gasteiger partial charge in [-0.15, -0.1) is 0 Å². The van der Waals surface area contributed by atoms with Gasteiger partial charge in [-0.2, -0.15) is 0 Å². The third-order valence-corrected chi connectivity index (χ3v) is 6.80. The highest BCUT2D eigenvalue weighted by molar-refractivity contribution is 6.06. The second-order valence-electron chi connectivity index (χ2n) is 8.82. The van der Waals surface area contributed by atoms with Gasteiger partial charge in [0.25, 0.3) is 5.91 Å². The lowest BCUT2D eigenvalue weighted by Gasteiger charge is -2.43. The third kappa shape index (κ3) is 4.23. The van der Waals surface area contributed by atoms with Gasteiger partial charge in [0, 0.05) is 23.3 Å². The minimum Gasteiger partial charge on any atom is -0.393 e. The van der Waals surface area contributed by atoms with Crippen LogP contribution in [0.2, 0.25) is 0 Å². The lowest BCUT2D eigenvalue weighted by molar-refractivity contribution is -0.132. The molecule has 1 fully saturated rings. The highest BCUT2D eigenvalue weighted by Gasteiger charge is 2.48. The molecule has 1 aromatic heterocycles. The number of anilines is 1. The van der Waals surface area contributed by atoms with Crippen molar-refractivity contribution in [3.05, 3.63) is 72.1 Å². The molecule has 0 spiro atoms. The molecule has 6 nitrogen and oxygen atoms in total. The number of aromatic nitrogens is 1. The molecule has 4 rings (SSSR count). The molecule has 0 saturated heterocycles. The summed E-state index contributed by atoms with van der Waals surface area (Å²) in [6.07, 6.45) is 9.77. The zero-order chi connectivity index (χ0) is 22.7. The first-order chi connectivity index (χ1) is 15.4. The van der Waals surface area contributed by atoms with Crippen LogP contribution in [0.15, 0.2) is 72.1 Å². The number of aliphatic hydroxyl groups is 1. The number of nitrogens with one attached hydrogen (secondary N) is 1. The zero-order valence-corrected chi connectivity index (χ0v) is 18.3. The number of aliphatic hydroxyl groups excluding tert-OH is 1. The Hall–Kier alpha value is -3.25. The molecule has 1 aromatic carbocycles. The molecule has 6 heteroatoms. The van der Waals surface area contributed by atoms with Crippen molar-refractivity contribution in [1.82, 2.24) is 4.98 Å². The minimum atomic E-state index is -1.06. The largest absolute Gasteiger partial charge is 0.393 e. The van der Waals surface area contributed by atoms with E-state index in [9.17, 15) is 14.7 Å². The maximum absolute atomic E-state index is 13.3. The first-order valence-corrected chi connectivity index (χ1v) is 11.1. The molecule has 2 aliphatic rings. The Morgan fingerprint density at radius 2 is 1.88 bits per heavy atom. The standard InChI is InChI=1S/C26H29N3O3/c1-17-11-12-26(25(27)32,22-9-5-6-10-23(22)30)14-21(17)24(31)29-20-13-19(15-28-16-20)18-7-3-2-4-8-18/h2-4,7-8,11-13,15-16,22-23,30H,5-6,9-10,14H2,1H3,(H2,27,32)(H,29,31)/t22-,23+,26?/m1/s1. The Bertz CT molecular complexity index is 1080. The second-order valence-corrected chi connectivity index (χ2v) is 8.82. The van der Waals surface area contributed by atoms with Crippen LogP contribution in [0.1, 0.15) is 39.0 Å². The van der Waals surface area contributed by atoms with Crippen molar-refractivity contribution >= 4 is 17.5 Å². The lowest BCUT2D eigenvalue weighted by atomic mass is 9.62. The number of allylic oxidation sites excluding steroid dienone is 2. The first kappa shape index (κ1) is 22.0. The maximum atomic E-state index is 13.3. The average molecular weight is 432 g/mol. The van der Waals surface area contributed by atoms with Crippen LogP contribution < -0.4 is 11.1 Å². The van der Waals surface area contributed by atoms with Gasteiger partial charge in [-0.3, -0.25) is 14.6 Å². The third-order valence-electron chi connectivity index (χ3n) is 6.80. The van der Waals surface area contributed by atoms with Crippen molar-refractivity contribution in [3.8, 4) is 11.1 Å². The molecule has 1 saturated carbocycles. The van der Waals surface area contributed by atoms with Crippen molar-refractivity contribution < 1.29 is 14.7 Å². The summed E-state index contributed by atoms with van der Waals surface area (Å²) in [7, 11) is 0. The van der Waals surface area contributed by atoms with Crippen molar-refractivity contribution in [2.75, 3.05) is 5.32 Å². The predicted molar refractivity (Wildman–Crippen MR) is 124 cm³/mol. The van der Waals surface area contributed by atoms with E-state index in [4.69, 9.17) is 5.73 Å². The highest BCUT2D eigenvalue weighted by atomic mass is 16.3. The van der Waals surface area contributed by atoms with Crippen LogP contribution in [0.4, 0.5) is 5.69 Å². The molecule has 2 amide bonds. The molecule has 2 aromatic rings. The smallest absolute Gasteiger partial charge is 0.251 e. The molecule has 166 valence electrons. The van der Waals surface area contributed by atoms with Crippen LogP contribution in [0.5, 0.6) is 0 Å². The summed E-state index contributed by atoms with van der Waals surface area (Å²) in [6, 6.07) is 11.7. The number of nitrogens with two attached hydrogens (primary N) is 1. The summed E-state index contributed by atoms with van der Waals surface area (Å²) < 4.78 is 0. The molecule has 0 aliphatic heterocycles. The Morgan fingerprint density at radius 3 is 2.59 bits per heavy atom. The topological polar surface area (TPSA) is 105 Å². The number of hydrogen-bond donors (Lipinski definition) is 3. The Kier molecular flexibility index (Phi) is 6.24. The fraction of sp³-hybridized carbons (Fsp3) is 0.346. The minimum absolute atomic E-state index is 0.185. The van der Waals surface area contributed by atoms with Gasteiger partial charge < -0.3 is 16.2 Å². The first-order valence-electron chi connectivity index (χ1n) is 11.1. The zero-order valence-electron chi connectivity index (χ0n) is 18.3. The van der Waals surface area contributed by atoms with Gasteiger partial charge in [0.2, 0.25) is 5.91 Å². The summed E-state index contributed by atoms with van der Waals surface area (Å²) in [5, 5.41) is 13.6. The fourth-order valence-electron chi connectivity index (χ4n) is 4.95. The summed E-state index contributed by atoms with van der Waals surface area (Å²) >= 11 is 0. The SMILES string of the molecule is CC1=C(C(=O)Nc2cncc(-c3ccccc3)c2)CC(C(N)=O)([C@@H]2CCCC[C@@H]2O)C=C1. The number of amides is 2. The van der Waals surface area contributed by atoms with E-state index in [2.05, 4.69) is 10.3 Å². The Morgan fingerprint density at radius 1 is 1.12 bits per heavy atom. The van der Waals surface area contributed by atoms with E-state index in [-0.39, 0.29) is 18.2 Å². The van der Waals surface area contributed by atoms with Crippen molar-refractivity contribution in [2.45, 2.75) is 45.1 Å². The number of carbonyl (C=O) groups is 2. The quantitative estimate of drug-likeness (QED) is 0.666. The number of pyridine rings is 1. The number of rotatable bonds is 5. The van der Waals surface area contributed by atoms with Crippen molar-refractivity contribution in [1.29, 1.82) is 0 Å². The number of hydrogen-bond acceptors (Lipinski definition) is 4. The monoisotopic (exact) mass is 431 g/mol. The molecule has 1 heterocycles. The van der Waals surface area contributed by atoms with Gasteiger partial charge in [-0.1, -0.05) is 55.3 Å². The van der Waals surface area contributed by atoms with E-state index in [0.29, 0.717) is 24.1 Å². The van der Waals surface area contributed by atoms with E-state index in [1.807, 2.05) is 43.3 Å². The fourth-order valence-corrected chi connectivity index (χ4v) is 4.95. The lowest BCUT2D eigenvalue weighted by Crippen LogP contribution is -2.49. The molecule has 32 heavy (non-hydrogen) atoms. The summed E-state index contributed by atoms with van der Waals surface area (Å²) in [5.41, 5.74) is 8.59. The number of nitrogens with zero attached hydrogens (tertiary/aromatic N) is 1. The molecule has 0 bridgehead atoms. The number of carbonyl (C=O) groups excluding carboxylic acids is 2. The molecule has 2 aliphatic carbocycles. The van der Waals surface area contributed by atoms with Gasteiger partial charge in [0.1, 0.15) is 0 Å². The van der Waals surface area contributed by atoms with E-state index in [1.54, 1.807) is 24.5 Å². The van der Waals surface area contributed by atoms with Gasteiger partial charge >= 0.3 is 0 Å². The second kappa shape index (κ2) is 9.09.